The van der Waals surface area contributed by atoms with Gasteiger partial charge in [0, 0.05) is 31.1 Å². The van der Waals surface area contributed by atoms with Crippen LogP contribution in [0, 0.1) is 10.1 Å². The second-order valence-corrected chi connectivity index (χ2v) is 4.37. The van der Waals surface area contributed by atoms with E-state index in [4.69, 9.17) is 5.11 Å². The number of aromatic nitrogens is 1. The predicted octanol–water partition coefficient (Wildman–Crippen LogP) is 2.05. The Morgan fingerprint density at radius 3 is 2.80 bits per heavy atom. The highest BCUT2D eigenvalue weighted by Crippen LogP contribution is 2.22. The number of pyridine rings is 1. The summed E-state index contributed by atoms with van der Waals surface area (Å²) in [6, 6.07) is 7.90. The summed E-state index contributed by atoms with van der Waals surface area (Å²) >= 11 is 0. The fourth-order valence-corrected chi connectivity index (χ4v) is 1.81. The maximum absolute atomic E-state index is 10.7. The number of benzene rings is 1. The van der Waals surface area contributed by atoms with Crippen molar-refractivity contribution in [3.8, 4) is 0 Å². The van der Waals surface area contributed by atoms with E-state index in [0.717, 1.165) is 0 Å². The van der Waals surface area contributed by atoms with Crippen LogP contribution in [-0.4, -0.2) is 34.6 Å². The molecule has 7 nitrogen and oxygen atoms in total. The first-order valence-corrected chi connectivity index (χ1v) is 5.95. The van der Waals surface area contributed by atoms with E-state index in [-0.39, 0.29) is 12.1 Å². The fraction of sp³-hybridized carbons (Fsp3) is 0.231. The highest BCUT2D eigenvalue weighted by atomic mass is 16.6. The molecule has 0 saturated carbocycles. The molecule has 7 heteroatoms. The van der Waals surface area contributed by atoms with Crippen molar-refractivity contribution in [3.05, 3.63) is 40.4 Å². The third kappa shape index (κ3) is 3.00. The van der Waals surface area contributed by atoms with Crippen molar-refractivity contribution >= 4 is 28.4 Å². The number of carboxylic acids is 1. The third-order valence-electron chi connectivity index (χ3n) is 2.92. The van der Waals surface area contributed by atoms with E-state index < -0.39 is 10.9 Å². The van der Waals surface area contributed by atoms with Gasteiger partial charge in [-0.1, -0.05) is 0 Å². The second-order valence-electron chi connectivity index (χ2n) is 4.37. The predicted molar refractivity (Wildman–Crippen MR) is 73.9 cm³/mol. The van der Waals surface area contributed by atoms with E-state index in [1.54, 1.807) is 30.1 Å². The van der Waals surface area contributed by atoms with E-state index in [9.17, 15) is 14.9 Å². The molecule has 2 rings (SSSR count). The van der Waals surface area contributed by atoms with Gasteiger partial charge >= 0.3 is 5.97 Å². The summed E-state index contributed by atoms with van der Waals surface area (Å²) in [7, 11) is 1.75. The molecule has 20 heavy (non-hydrogen) atoms. The molecule has 0 saturated heterocycles. The van der Waals surface area contributed by atoms with Gasteiger partial charge in [-0.3, -0.25) is 14.9 Å². The Morgan fingerprint density at radius 1 is 1.40 bits per heavy atom. The van der Waals surface area contributed by atoms with Crippen LogP contribution < -0.4 is 4.90 Å². The number of nitrogens with zero attached hydrogens (tertiary/aromatic N) is 3. The summed E-state index contributed by atoms with van der Waals surface area (Å²) in [5, 5.41) is 20.0. The van der Waals surface area contributed by atoms with Crippen molar-refractivity contribution < 1.29 is 14.8 Å². The molecular formula is C13H13N3O4. The van der Waals surface area contributed by atoms with Crippen LogP contribution in [0.2, 0.25) is 0 Å². The van der Waals surface area contributed by atoms with Gasteiger partial charge in [0.05, 0.1) is 16.9 Å². The summed E-state index contributed by atoms with van der Waals surface area (Å²) in [6.07, 6.45) is 0.0243. The third-order valence-corrected chi connectivity index (χ3v) is 2.92. The molecule has 0 unspecified atom stereocenters. The summed E-state index contributed by atoms with van der Waals surface area (Å²) in [5.41, 5.74) is 0.654. The average Bonchev–Trinajstić information content (AvgIpc) is 2.43. The van der Waals surface area contributed by atoms with Gasteiger partial charge < -0.3 is 10.0 Å². The minimum atomic E-state index is -0.867. The van der Waals surface area contributed by atoms with Crippen LogP contribution in [0.1, 0.15) is 6.42 Å². The van der Waals surface area contributed by atoms with Crippen molar-refractivity contribution in [2.75, 3.05) is 18.5 Å². The lowest BCUT2D eigenvalue weighted by Crippen LogP contribution is -2.21. The number of hydrogen-bond donors (Lipinski definition) is 1. The van der Waals surface area contributed by atoms with Gasteiger partial charge in [0.2, 0.25) is 0 Å². The van der Waals surface area contributed by atoms with Crippen molar-refractivity contribution in [2.45, 2.75) is 6.42 Å². The topological polar surface area (TPSA) is 96.6 Å². The van der Waals surface area contributed by atoms with E-state index in [2.05, 4.69) is 4.98 Å². The van der Waals surface area contributed by atoms with Crippen LogP contribution in [0.5, 0.6) is 0 Å². The zero-order valence-corrected chi connectivity index (χ0v) is 10.8. The number of fused-ring (bicyclic) bond motifs is 1. The Morgan fingerprint density at radius 2 is 2.15 bits per heavy atom. The number of nitro groups is 1. The van der Waals surface area contributed by atoms with Crippen LogP contribution in [0.3, 0.4) is 0 Å². The Kier molecular flexibility index (Phi) is 3.79. The monoisotopic (exact) mass is 275 g/mol. The molecule has 0 radical (unpaired) electrons. The number of carboxylic acid groups (broad SMARTS) is 1. The van der Waals surface area contributed by atoms with Gasteiger partial charge in [-0.25, -0.2) is 4.98 Å². The van der Waals surface area contributed by atoms with E-state index in [1.165, 1.54) is 12.1 Å². The van der Waals surface area contributed by atoms with Gasteiger partial charge in [0.25, 0.3) is 5.69 Å². The molecule has 0 aliphatic heterocycles. The van der Waals surface area contributed by atoms with Gasteiger partial charge in [-0.15, -0.1) is 0 Å². The molecule has 0 fully saturated rings. The summed E-state index contributed by atoms with van der Waals surface area (Å²) in [4.78, 5) is 26.9. The summed E-state index contributed by atoms with van der Waals surface area (Å²) in [5.74, 6) is -0.235. The van der Waals surface area contributed by atoms with Crippen LogP contribution >= 0.6 is 0 Å². The van der Waals surface area contributed by atoms with Gasteiger partial charge in [0.1, 0.15) is 5.82 Å². The molecule has 1 N–H and O–H groups in total. The lowest BCUT2D eigenvalue weighted by atomic mass is 10.2. The molecule has 0 aliphatic rings. The largest absolute Gasteiger partial charge is 0.481 e. The van der Waals surface area contributed by atoms with Crippen LogP contribution in [0.15, 0.2) is 30.3 Å². The molecule has 2 aromatic rings. The molecule has 104 valence electrons. The molecule has 0 spiro atoms. The molecule has 1 aromatic heterocycles. The maximum atomic E-state index is 10.7. The van der Waals surface area contributed by atoms with Gasteiger partial charge in [0.15, 0.2) is 0 Å². The normalized spacial score (nSPS) is 10.4. The van der Waals surface area contributed by atoms with Crippen molar-refractivity contribution in [3.63, 3.8) is 0 Å². The Bertz CT molecular complexity index is 672. The second kappa shape index (κ2) is 5.52. The summed E-state index contributed by atoms with van der Waals surface area (Å²) in [6.45, 7) is 0.348. The molecule has 1 aromatic carbocycles. The molecule has 1 heterocycles. The number of nitro benzene ring substituents is 1. The zero-order valence-electron chi connectivity index (χ0n) is 10.8. The minimum Gasteiger partial charge on any atom is -0.481 e. The van der Waals surface area contributed by atoms with Crippen LogP contribution in [0.25, 0.3) is 10.9 Å². The number of aliphatic carboxylic acids is 1. The number of rotatable bonds is 5. The van der Waals surface area contributed by atoms with Gasteiger partial charge in [-0.2, -0.15) is 0 Å². The molecular weight excluding hydrogens is 262 g/mol. The highest BCUT2D eigenvalue weighted by Gasteiger charge is 2.09. The minimum absolute atomic E-state index is 0.0197. The Labute approximate surface area is 114 Å². The Hall–Kier alpha value is -2.70. The number of hydrogen-bond acceptors (Lipinski definition) is 5. The molecule has 0 atom stereocenters. The lowest BCUT2D eigenvalue weighted by molar-refractivity contribution is -0.384. The highest BCUT2D eigenvalue weighted by molar-refractivity contribution is 5.82. The van der Waals surface area contributed by atoms with E-state index in [1.807, 2.05) is 0 Å². The number of non-ortho nitro benzene ring substituents is 1. The molecule has 0 bridgehead atoms. The lowest BCUT2D eigenvalue weighted by Gasteiger charge is -2.17. The summed E-state index contributed by atoms with van der Waals surface area (Å²) < 4.78 is 0. The van der Waals surface area contributed by atoms with Gasteiger partial charge in [-0.05, 0) is 18.2 Å². The first kappa shape index (κ1) is 13.7. The standard InChI is InChI=1S/C13H13N3O4/c1-15(7-6-13(17)18)12-5-2-9-8-10(16(19)20)3-4-11(9)14-12/h2-5,8H,6-7H2,1H3,(H,17,18). The fourth-order valence-electron chi connectivity index (χ4n) is 1.81. The van der Waals surface area contributed by atoms with Crippen molar-refractivity contribution in [1.82, 2.24) is 4.98 Å². The van der Waals surface area contributed by atoms with E-state index >= 15 is 0 Å². The number of anilines is 1. The quantitative estimate of drug-likeness (QED) is 0.662. The Balaban J connectivity index is 2.27. The molecule has 0 aliphatic carbocycles. The zero-order chi connectivity index (χ0) is 14.7. The van der Waals surface area contributed by atoms with Crippen molar-refractivity contribution in [2.24, 2.45) is 0 Å². The first-order chi connectivity index (χ1) is 9.47. The average molecular weight is 275 g/mol. The van der Waals surface area contributed by atoms with Crippen LogP contribution in [0.4, 0.5) is 11.5 Å². The SMILES string of the molecule is CN(CCC(=O)O)c1ccc2cc([N+](=O)[O-])ccc2n1. The molecule has 0 amide bonds. The smallest absolute Gasteiger partial charge is 0.305 e. The maximum Gasteiger partial charge on any atom is 0.305 e. The number of carbonyl (C=O) groups is 1. The van der Waals surface area contributed by atoms with Crippen LogP contribution in [-0.2, 0) is 4.79 Å². The van der Waals surface area contributed by atoms with Crippen molar-refractivity contribution in [1.29, 1.82) is 0 Å². The van der Waals surface area contributed by atoms with E-state index in [0.29, 0.717) is 23.3 Å². The first-order valence-electron chi connectivity index (χ1n) is 5.95.